The van der Waals surface area contributed by atoms with Gasteiger partial charge in [0.15, 0.2) is 12.4 Å². The van der Waals surface area contributed by atoms with Crippen LogP contribution in [0.1, 0.15) is 117 Å². The highest BCUT2D eigenvalue weighted by atomic mass is 32.2. The van der Waals surface area contributed by atoms with Crippen molar-refractivity contribution in [1.82, 2.24) is 0 Å². The second kappa shape index (κ2) is 37.6. The van der Waals surface area contributed by atoms with E-state index in [0.29, 0.717) is 25.7 Å². The molecule has 0 aliphatic carbocycles. The highest BCUT2D eigenvalue weighted by molar-refractivity contribution is 7.85. The topological polar surface area (TPSA) is 186 Å². The first-order valence-corrected chi connectivity index (χ1v) is 23.7. The molecule has 6 unspecified atom stereocenters. The van der Waals surface area contributed by atoms with Gasteiger partial charge in [-0.25, -0.2) is 0 Å². The third-order valence-electron chi connectivity index (χ3n) is 9.04. The van der Waals surface area contributed by atoms with Gasteiger partial charge in [-0.1, -0.05) is 135 Å². The molecule has 4 N–H and O–H groups in total. The number of unbranched alkanes of at least 4 members (excludes halogenated alkanes) is 2. The Kier molecular flexibility index (Phi) is 34.0. The molecular weight excluding hydrogens is 813 g/mol. The smallest absolute Gasteiger partial charge is 0.306 e. The number of aliphatic hydroxyl groups is 3. The summed E-state index contributed by atoms with van der Waals surface area (Å²) in [5.41, 5.74) is 0. The highest BCUT2D eigenvalue weighted by Gasteiger charge is 2.46. The van der Waals surface area contributed by atoms with Gasteiger partial charge >= 0.3 is 11.9 Å². The summed E-state index contributed by atoms with van der Waals surface area (Å²) < 4.78 is 53.9. The third-order valence-corrected chi connectivity index (χ3v) is 9.79. The Morgan fingerprint density at radius 1 is 0.548 bits per heavy atom. The molecule has 1 heterocycles. The maximum Gasteiger partial charge on any atom is 0.306 e. The van der Waals surface area contributed by atoms with Crippen molar-refractivity contribution in [3.8, 4) is 0 Å². The van der Waals surface area contributed by atoms with Gasteiger partial charge in [0.25, 0.3) is 10.1 Å². The molecule has 0 saturated carbocycles. The molecule has 0 bridgehead atoms. The van der Waals surface area contributed by atoms with Crippen LogP contribution in [0.25, 0.3) is 0 Å². The summed E-state index contributed by atoms with van der Waals surface area (Å²) in [6, 6.07) is 0. The number of carbonyl (C=O) groups excluding carboxylic acids is 2. The molecule has 6 atom stereocenters. The summed E-state index contributed by atoms with van der Waals surface area (Å²) in [6.07, 6.45) is 44.0. The van der Waals surface area contributed by atoms with Crippen molar-refractivity contribution in [2.75, 3.05) is 19.0 Å². The van der Waals surface area contributed by atoms with Gasteiger partial charge in [-0.15, -0.1) is 0 Å². The second-order valence-corrected chi connectivity index (χ2v) is 16.1. The van der Waals surface area contributed by atoms with E-state index >= 15 is 0 Å². The lowest BCUT2D eigenvalue weighted by molar-refractivity contribution is -0.297. The van der Waals surface area contributed by atoms with E-state index in [4.69, 9.17) is 18.9 Å². The van der Waals surface area contributed by atoms with Gasteiger partial charge in [0.2, 0.25) is 0 Å². The number of aliphatic hydroxyl groups excluding tert-OH is 3. The normalized spacial score (nSPS) is 21.0. The molecule has 1 aliphatic rings. The molecule has 13 heteroatoms. The minimum atomic E-state index is -4.62. The SMILES string of the molecule is CC/C=C\C/C=C\C/C=C\C/C=C\C/C=C\CCCC(=O)OCC(COC1OC(CS(=O)(=O)O)C(O)C(O)C1O)OC(=O)CCC/C=C\C/C=C\C/C=C\C/C=C\C/C=C\CC. The van der Waals surface area contributed by atoms with Gasteiger partial charge in [-0.05, 0) is 89.9 Å². The van der Waals surface area contributed by atoms with E-state index in [-0.39, 0.29) is 19.4 Å². The van der Waals surface area contributed by atoms with Crippen molar-refractivity contribution in [2.45, 2.75) is 153 Å². The molecular formula is C49H74O12S. The fourth-order valence-electron chi connectivity index (χ4n) is 5.69. The second-order valence-electron chi connectivity index (χ2n) is 14.6. The van der Waals surface area contributed by atoms with Crippen molar-refractivity contribution in [3.05, 3.63) is 122 Å². The molecule has 0 radical (unpaired) electrons. The first-order chi connectivity index (χ1) is 30.0. The summed E-state index contributed by atoms with van der Waals surface area (Å²) in [5.74, 6) is -2.16. The van der Waals surface area contributed by atoms with Gasteiger partial charge in [0.05, 0.1) is 6.61 Å². The Morgan fingerprint density at radius 2 is 0.935 bits per heavy atom. The molecule has 0 aromatic carbocycles. The van der Waals surface area contributed by atoms with Crippen molar-refractivity contribution >= 4 is 22.1 Å². The van der Waals surface area contributed by atoms with Gasteiger partial charge < -0.3 is 34.3 Å². The van der Waals surface area contributed by atoms with E-state index < -0.39 is 71.2 Å². The van der Waals surface area contributed by atoms with Crippen LogP contribution < -0.4 is 0 Å². The number of esters is 2. The number of hydrogen-bond donors (Lipinski definition) is 4. The third kappa shape index (κ3) is 31.8. The maximum atomic E-state index is 12.8. The average molecular weight is 887 g/mol. The average Bonchev–Trinajstić information content (AvgIpc) is 3.24. The quantitative estimate of drug-likeness (QED) is 0.0208. The van der Waals surface area contributed by atoms with E-state index in [2.05, 4.69) is 111 Å². The van der Waals surface area contributed by atoms with Crippen LogP contribution in [0.15, 0.2) is 122 Å². The van der Waals surface area contributed by atoms with Crippen LogP contribution in [0.5, 0.6) is 0 Å². The van der Waals surface area contributed by atoms with Crippen LogP contribution in [0.3, 0.4) is 0 Å². The Balaban J connectivity index is 2.56. The van der Waals surface area contributed by atoms with Crippen LogP contribution in [-0.2, 0) is 38.7 Å². The lowest BCUT2D eigenvalue weighted by atomic mass is 10.00. The summed E-state index contributed by atoms with van der Waals surface area (Å²) >= 11 is 0. The Bertz CT molecular complexity index is 1600. The van der Waals surface area contributed by atoms with E-state index in [9.17, 15) is 37.9 Å². The molecule has 0 amide bonds. The molecule has 0 spiro atoms. The molecule has 62 heavy (non-hydrogen) atoms. The number of ether oxygens (including phenoxy) is 4. The molecule has 0 aromatic heterocycles. The maximum absolute atomic E-state index is 12.8. The van der Waals surface area contributed by atoms with Gasteiger partial charge in [-0.3, -0.25) is 14.1 Å². The van der Waals surface area contributed by atoms with E-state index in [0.717, 1.165) is 64.2 Å². The van der Waals surface area contributed by atoms with E-state index in [1.54, 1.807) is 0 Å². The number of allylic oxidation sites excluding steroid dienone is 20. The largest absolute Gasteiger partial charge is 0.462 e. The van der Waals surface area contributed by atoms with Gasteiger partial charge in [0, 0.05) is 12.8 Å². The fourth-order valence-corrected chi connectivity index (χ4v) is 6.38. The lowest BCUT2D eigenvalue weighted by Crippen LogP contribution is -2.60. The van der Waals surface area contributed by atoms with Crippen LogP contribution in [0, 0.1) is 0 Å². The molecule has 1 saturated heterocycles. The van der Waals surface area contributed by atoms with E-state index in [1.165, 1.54) is 0 Å². The summed E-state index contributed by atoms with van der Waals surface area (Å²) in [6.45, 7) is 3.41. The molecule has 1 rings (SSSR count). The molecule has 1 fully saturated rings. The minimum Gasteiger partial charge on any atom is -0.462 e. The summed E-state index contributed by atoms with van der Waals surface area (Å²) in [5, 5.41) is 30.9. The van der Waals surface area contributed by atoms with Crippen LogP contribution in [0.4, 0.5) is 0 Å². The molecule has 12 nitrogen and oxygen atoms in total. The lowest BCUT2D eigenvalue weighted by Gasteiger charge is -2.40. The van der Waals surface area contributed by atoms with Crippen molar-refractivity contribution in [1.29, 1.82) is 0 Å². The van der Waals surface area contributed by atoms with Crippen molar-refractivity contribution in [2.24, 2.45) is 0 Å². The fraction of sp³-hybridized carbons (Fsp3) is 0.551. The first kappa shape index (κ1) is 56.1. The minimum absolute atomic E-state index is 0.0654. The summed E-state index contributed by atoms with van der Waals surface area (Å²) in [7, 11) is -4.62. The first-order valence-electron chi connectivity index (χ1n) is 22.1. The monoisotopic (exact) mass is 886 g/mol. The zero-order chi connectivity index (χ0) is 45.5. The highest BCUT2D eigenvalue weighted by Crippen LogP contribution is 2.23. The Labute approximate surface area is 371 Å². The predicted octanol–water partition coefficient (Wildman–Crippen LogP) is 9.00. The van der Waals surface area contributed by atoms with Gasteiger partial charge in [-0.2, -0.15) is 8.42 Å². The van der Waals surface area contributed by atoms with Crippen molar-refractivity contribution < 1.29 is 56.8 Å². The standard InChI is InChI=1S/C49H74O12S/c1-3-5-7-9-11-13-15-17-19-21-23-25-27-29-31-33-35-37-44(50)58-39-42(40-59-49-48(54)47(53)46(52)43(61-49)41-62(55,56)57)60-45(51)38-36-34-32-30-28-26-24-22-20-18-16-14-12-10-8-6-4-2/h5-8,11-14,17-20,23-26,29-32,42-43,46-49,52-54H,3-4,9-10,15-16,21-22,27-28,33-41H2,1-2H3,(H,55,56,57)/b7-5-,8-6-,13-11-,14-12-,19-17-,20-18-,25-23-,26-24-,31-29-,32-30-. The number of hydrogen-bond acceptors (Lipinski definition) is 11. The molecule has 1 aliphatic heterocycles. The Morgan fingerprint density at radius 3 is 1.34 bits per heavy atom. The van der Waals surface area contributed by atoms with Crippen molar-refractivity contribution in [3.63, 3.8) is 0 Å². The van der Waals surface area contributed by atoms with Crippen LogP contribution in [0.2, 0.25) is 0 Å². The Hall–Kier alpha value is -3.95. The predicted molar refractivity (Wildman–Crippen MR) is 247 cm³/mol. The van der Waals surface area contributed by atoms with Crippen LogP contribution >= 0.6 is 0 Å². The zero-order valence-corrected chi connectivity index (χ0v) is 37.7. The van der Waals surface area contributed by atoms with Crippen LogP contribution in [-0.4, -0.2) is 96.0 Å². The van der Waals surface area contributed by atoms with Gasteiger partial charge in [0.1, 0.15) is 36.8 Å². The van der Waals surface area contributed by atoms with E-state index in [1.807, 2.05) is 24.3 Å². The summed E-state index contributed by atoms with van der Waals surface area (Å²) in [4.78, 5) is 25.4. The molecule has 348 valence electrons. The number of rotatable bonds is 34. The zero-order valence-electron chi connectivity index (χ0n) is 36.9. The molecule has 0 aromatic rings. The number of carbonyl (C=O) groups is 2.